The fourth-order valence-corrected chi connectivity index (χ4v) is 7.30. The SMILES string of the molecule is CCOc1cc(C2C(C(=O)c3ccc(Cl)cc3)C(=O)C(=O)N2c2ncc(S(=O)(=O)c3ccc(N(O)O)cc3)s2)ccc1O. The highest BCUT2D eigenvalue weighted by molar-refractivity contribution is 7.93. The molecule has 222 valence electrons. The van der Waals surface area contributed by atoms with Gasteiger partial charge in [-0.05, 0) is 73.2 Å². The van der Waals surface area contributed by atoms with E-state index in [1.807, 2.05) is 0 Å². The minimum Gasteiger partial charge on any atom is -0.504 e. The maximum absolute atomic E-state index is 13.7. The number of benzene rings is 3. The van der Waals surface area contributed by atoms with Crippen LogP contribution in [0.3, 0.4) is 0 Å². The lowest BCUT2D eigenvalue weighted by Crippen LogP contribution is -2.30. The van der Waals surface area contributed by atoms with Crippen LogP contribution in [0.25, 0.3) is 0 Å². The first-order valence-corrected chi connectivity index (χ1v) is 15.2. The molecule has 2 heterocycles. The Hall–Kier alpha value is -4.34. The summed E-state index contributed by atoms with van der Waals surface area (Å²) in [6, 6.07) is 13.3. The van der Waals surface area contributed by atoms with Gasteiger partial charge < -0.3 is 9.84 Å². The third-order valence-electron chi connectivity index (χ3n) is 6.66. The van der Waals surface area contributed by atoms with Crippen molar-refractivity contribution in [2.24, 2.45) is 5.92 Å². The molecule has 4 aromatic rings. The summed E-state index contributed by atoms with van der Waals surface area (Å²) < 4.78 is 31.9. The summed E-state index contributed by atoms with van der Waals surface area (Å²) in [6.07, 6.45) is 1.03. The minimum atomic E-state index is -4.18. The zero-order valence-electron chi connectivity index (χ0n) is 22.1. The van der Waals surface area contributed by atoms with Crippen LogP contribution in [0.15, 0.2) is 82.0 Å². The number of nitrogens with zero attached hydrogens (tertiary/aromatic N) is 3. The summed E-state index contributed by atoms with van der Waals surface area (Å²) in [7, 11) is -4.18. The van der Waals surface area contributed by atoms with E-state index in [9.17, 15) is 27.9 Å². The first-order valence-electron chi connectivity index (χ1n) is 12.6. The van der Waals surface area contributed by atoms with Gasteiger partial charge in [0.25, 0.3) is 5.91 Å². The molecule has 1 saturated heterocycles. The van der Waals surface area contributed by atoms with Crippen LogP contribution < -0.4 is 14.9 Å². The van der Waals surface area contributed by atoms with Crippen molar-refractivity contribution in [2.75, 3.05) is 16.7 Å². The third-order valence-corrected chi connectivity index (χ3v) is 10.1. The van der Waals surface area contributed by atoms with E-state index in [0.29, 0.717) is 16.4 Å². The second-order valence-electron chi connectivity index (χ2n) is 9.24. The smallest absolute Gasteiger partial charge is 0.297 e. The quantitative estimate of drug-likeness (QED) is 0.102. The summed E-state index contributed by atoms with van der Waals surface area (Å²) in [6.45, 7) is 1.89. The number of phenols is 1. The molecule has 12 nitrogen and oxygen atoms in total. The van der Waals surface area contributed by atoms with E-state index in [-0.39, 0.29) is 54.4 Å². The van der Waals surface area contributed by atoms with Gasteiger partial charge in [-0.25, -0.2) is 13.4 Å². The molecule has 3 N–H and O–H groups in total. The lowest BCUT2D eigenvalue weighted by atomic mass is 9.86. The Bertz CT molecular complexity index is 1820. The highest BCUT2D eigenvalue weighted by Crippen LogP contribution is 2.45. The van der Waals surface area contributed by atoms with Gasteiger partial charge in [-0.1, -0.05) is 29.0 Å². The zero-order valence-corrected chi connectivity index (χ0v) is 24.5. The molecule has 0 spiro atoms. The fraction of sp³-hybridized carbons (Fsp3) is 0.143. The van der Waals surface area contributed by atoms with Crippen molar-refractivity contribution < 1.29 is 43.1 Å². The Balaban J connectivity index is 1.60. The van der Waals surface area contributed by atoms with Gasteiger partial charge in [0, 0.05) is 10.6 Å². The second kappa shape index (κ2) is 11.7. The Morgan fingerprint density at radius 1 is 1.07 bits per heavy atom. The Kier molecular flexibility index (Phi) is 8.23. The van der Waals surface area contributed by atoms with Gasteiger partial charge in [0.1, 0.15) is 10.1 Å². The maximum Gasteiger partial charge on any atom is 0.297 e. The van der Waals surface area contributed by atoms with E-state index in [0.717, 1.165) is 23.2 Å². The van der Waals surface area contributed by atoms with E-state index in [2.05, 4.69) is 4.98 Å². The highest BCUT2D eigenvalue weighted by atomic mass is 35.5. The number of anilines is 2. The summed E-state index contributed by atoms with van der Waals surface area (Å²) in [5.74, 6) is -4.45. The monoisotopic (exact) mass is 643 g/mol. The number of phenolic OH excluding ortho intramolecular Hbond substituents is 1. The maximum atomic E-state index is 13.7. The van der Waals surface area contributed by atoms with Gasteiger partial charge in [0.05, 0.1) is 29.4 Å². The van der Waals surface area contributed by atoms with Crippen LogP contribution in [-0.4, -0.2) is 53.0 Å². The molecule has 1 amide bonds. The number of sulfone groups is 1. The summed E-state index contributed by atoms with van der Waals surface area (Å²) in [4.78, 5) is 45.6. The van der Waals surface area contributed by atoms with E-state index < -0.39 is 39.3 Å². The molecule has 1 fully saturated rings. The van der Waals surface area contributed by atoms with Crippen LogP contribution in [-0.2, 0) is 19.4 Å². The van der Waals surface area contributed by atoms with Crippen molar-refractivity contribution in [3.05, 3.63) is 89.1 Å². The summed E-state index contributed by atoms with van der Waals surface area (Å²) >= 11 is 6.57. The number of hydrogen-bond acceptors (Lipinski definition) is 12. The molecule has 0 bridgehead atoms. The number of aromatic hydroxyl groups is 1. The number of rotatable bonds is 9. The summed E-state index contributed by atoms with van der Waals surface area (Å²) in [5, 5.41) is 28.6. The van der Waals surface area contributed by atoms with Crippen molar-refractivity contribution in [2.45, 2.75) is 22.1 Å². The Morgan fingerprint density at radius 3 is 2.37 bits per heavy atom. The Labute approximate surface area is 253 Å². The van der Waals surface area contributed by atoms with E-state index >= 15 is 0 Å². The van der Waals surface area contributed by atoms with Crippen LogP contribution >= 0.6 is 22.9 Å². The molecule has 1 aliphatic heterocycles. The fourth-order valence-electron chi connectivity index (χ4n) is 4.62. The van der Waals surface area contributed by atoms with Crippen molar-refractivity contribution in [3.63, 3.8) is 0 Å². The number of Topliss-reactive ketones (excluding diaryl/α,β-unsaturated/α-hetero) is 2. The Morgan fingerprint density at radius 2 is 1.74 bits per heavy atom. The number of carbonyl (C=O) groups excluding carboxylic acids is 3. The van der Waals surface area contributed by atoms with Crippen molar-refractivity contribution in [1.82, 2.24) is 4.98 Å². The van der Waals surface area contributed by atoms with Gasteiger partial charge >= 0.3 is 0 Å². The average Bonchev–Trinajstić information content (AvgIpc) is 3.58. The molecule has 15 heteroatoms. The van der Waals surface area contributed by atoms with E-state index in [4.69, 9.17) is 26.8 Å². The lowest BCUT2D eigenvalue weighted by molar-refractivity contribution is -0.135. The zero-order chi connectivity index (χ0) is 31.1. The van der Waals surface area contributed by atoms with Crippen molar-refractivity contribution in [3.8, 4) is 11.5 Å². The predicted molar refractivity (Wildman–Crippen MR) is 154 cm³/mol. The predicted octanol–water partition coefficient (Wildman–Crippen LogP) is 4.47. The van der Waals surface area contributed by atoms with Crippen molar-refractivity contribution in [1.29, 1.82) is 0 Å². The first-order chi connectivity index (χ1) is 20.4. The van der Waals surface area contributed by atoms with Crippen LogP contribution in [0.1, 0.15) is 28.9 Å². The number of ketones is 2. The largest absolute Gasteiger partial charge is 0.504 e. The van der Waals surface area contributed by atoms with Gasteiger partial charge in [0.15, 0.2) is 22.4 Å². The molecule has 2 atom stereocenters. The van der Waals surface area contributed by atoms with Gasteiger partial charge in [-0.3, -0.25) is 29.7 Å². The molecule has 43 heavy (non-hydrogen) atoms. The van der Waals surface area contributed by atoms with Gasteiger partial charge in [-0.15, -0.1) is 5.23 Å². The summed E-state index contributed by atoms with van der Waals surface area (Å²) in [5.41, 5.74) is 0.312. The van der Waals surface area contributed by atoms with Crippen LogP contribution in [0, 0.1) is 5.92 Å². The molecule has 5 rings (SSSR count). The van der Waals surface area contributed by atoms with E-state index in [1.165, 1.54) is 54.6 Å². The normalized spacial score (nSPS) is 16.9. The molecule has 3 aromatic carbocycles. The standard InChI is InChI=1S/C28H22ClN3O9S2/c1-2-41-21-13-16(5-12-20(21)33)24-23(25(34)15-3-6-17(29)7-4-15)26(35)27(36)31(24)28-30-14-22(42-28)43(39,40)19-10-8-18(9-11-19)32(37)38/h3-14,23-24,33,37-38H,2H2,1H3. The number of amides is 1. The molecular formula is C28H22ClN3O9S2. The molecule has 1 aliphatic rings. The molecule has 0 aliphatic carbocycles. The third kappa shape index (κ3) is 5.58. The minimum absolute atomic E-state index is 0.0552. The topological polar surface area (TPSA) is 175 Å². The average molecular weight is 644 g/mol. The lowest BCUT2D eigenvalue weighted by Gasteiger charge is -2.25. The molecular weight excluding hydrogens is 622 g/mol. The first kappa shape index (κ1) is 30.1. The van der Waals surface area contributed by atoms with Gasteiger partial charge in [-0.2, -0.15) is 0 Å². The van der Waals surface area contributed by atoms with E-state index in [1.54, 1.807) is 6.92 Å². The number of ether oxygens (including phenoxy) is 1. The van der Waals surface area contributed by atoms with Crippen molar-refractivity contribution >= 4 is 61.1 Å². The molecule has 2 unspecified atom stereocenters. The molecule has 0 radical (unpaired) electrons. The molecule has 1 aromatic heterocycles. The number of thiazole rings is 1. The van der Waals surface area contributed by atoms with Gasteiger partial charge in [0.2, 0.25) is 15.6 Å². The van der Waals surface area contributed by atoms with Crippen LogP contribution in [0.2, 0.25) is 5.02 Å². The number of hydrogen-bond donors (Lipinski definition) is 3. The number of carbonyl (C=O) groups is 3. The molecule has 0 saturated carbocycles. The van der Waals surface area contributed by atoms with Crippen LogP contribution in [0.4, 0.5) is 10.8 Å². The second-order valence-corrected chi connectivity index (χ2v) is 12.9. The van der Waals surface area contributed by atoms with Crippen LogP contribution in [0.5, 0.6) is 11.5 Å². The highest BCUT2D eigenvalue weighted by Gasteiger charge is 2.53. The number of halogens is 1. The number of aromatic nitrogens is 1.